The second kappa shape index (κ2) is 13.2. The quantitative estimate of drug-likeness (QED) is 0.111. The summed E-state index contributed by atoms with van der Waals surface area (Å²) in [6.07, 6.45) is 0.0427. The summed E-state index contributed by atoms with van der Waals surface area (Å²) in [6.45, 7) is -0.0184. The van der Waals surface area contributed by atoms with Crippen molar-refractivity contribution >= 4 is 22.4 Å². The zero-order chi connectivity index (χ0) is 9.45. The molecule has 0 rings (SSSR count). The molecule has 0 aliphatic carbocycles. The third-order valence-corrected chi connectivity index (χ3v) is 1.89. The second-order valence-corrected chi connectivity index (χ2v) is 3.67. The predicted octanol–water partition coefficient (Wildman–Crippen LogP) is -7.27. The number of hydrogen-bond acceptors (Lipinski definition) is 8. The van der Waals surface area contributed by atoms with Crippen molar-refractivity contribution < 1.29 is 90.9 Å². The van der Waals surface area contributed by atoms with Crippen LogP contribution in [0, 0.1) is 0 Å². The Kier molecular flexibility index (Phi) is 20.1. The van der Waals surface area contributed by atoms with Gasteiger partial charge in [-0.3, -0.25) is 9.22 Å². The van der Waals surface area contributed by atoms with Crippen LogP contribution in [0.1, 0.15) is 6.42 Å². The van der Waals surface area contributed by atoms with Crippen molar-refractivity contribution in [3.63, 3.8) is 0 Å². The van der Waals surface area contributed by atoms with Gasteiger partial charge in [0.1, 0.15) is 0 Å². The monoisotopic (exact) mass is 264 g/mol. The fraction of sp³-hybridized carbons (Fsp3) is 1.00. The van der Waals surface area contributed by atoms with Gasteiger partial charge in [0.2, 0.25) is 0 Å². The Labute approximate surface area is 130 Å². The summed E-state index contributed by atoms with van der Waals surface area (Å²) < 4.78 is 38.1. The maximum absolute atomic E-state index is 10.00. The van der Waals surface area contributed by atoms with E-state index in [4.69, 9.17) is 5.26 Å². The van der Waals surface area contributed by atoms with Crippen molar-refractivity contribution in [2.45, 2.75) is 6.42 Å². The summed E-state index contributed by atoms with van der Waals surface area (Å²) >= 11 is 0.272. The van der Waals surface area contributed by atoms with Gasteiger partial charge < -0.3 is 9.81 Å². The molecule has 14 heavy (non-hydrogen) atoms. The molecule has 0 aromatic carbocycles. The van der Waals surface area contributed by atoms with Crippen LogP contribution in [0.5, 0.6) is 0 Å². The Morgan fingerprint density at radius 1 is 1.29 bits per heavy atom. The molecule has 0 saturated heterocycles. The summed E-state index contributed by atoms with van der Waals surface area (Å²) in [5.74, 6) is -0.508. The molecule has 0 spiro atoms. The van der Waals surface area contributed by atoms with E-state index in [-0.39, 0.29) is 84.5 Å². The predicted molar refractivity (Wildman–Crippen MR) is 34.9 cm³/mol. The normalized spacial score (nSPS) is 10.1. The van der Waals surface area contributed by atoms with Crippen LogP contribution in [0.2, 0.25) is 0 Å². The van der Waals surface area contributed by atoms with Gasteiger partial charge in [-0.2, -0.15) is 0 Å². The molecule has 0 aliphatic heterocycles. The molecule has 0 aromatic rings. The van der Waals surface area contributed by atoms with Gasteiger partial charge in [-0.05, 0) is 6.42 Å². The van der Waals surface area contributed by atoms with Crippen LogP contribution < -0.4 is 64.4 Å². The first kappa shape index (κ1) is 21.4. The van der Waals surface area contributed by atoms with Crippen molar-refractivity contribution in [3.8, 4) is 0 Å². The molecule has 0 atom stereocenters. The van der Waals surface area contributed by atoms with Crippen LogP contribution in [-0.4, -0.2) is 25.3 Å². The van der Waals surface area contributed by atoms with Gasteiger partial charge in [0.15, 0.2) is 12.3 Å². The zero-order valence-electron chi connectivity index (χ0n) is 7.80. The van der Waals surface area contributed by atoms with Crippen LogP contribution >= 0.6 is 12.3 Å². The van der Waals surface area contributed by atoms with E-state index in [9.17, 15) is 13.0 Å². The van der Waals surface area contributed by atoms with E-state index in [0.717, 1.165) is 0 Å². The fourth-order valence-corrected chi connectivity index (χ4v) is 1.08. The van der Waals surface area contributed by atoms with Gasteiger partial charge in [0, 0.05) is 5.75 Å². The van der Waals surface area contributed by atoms with Crippen molar-refractivity contribution in [2.24, 2.45) is 0 Å². The smallest absolute Gasteiger partial charge is 0.748 e. The van der Waals surface area contributed by atoms with Gasteiger partial charge in [0.05, 0.1) is 16.7 Å². The molecular formula is C3H6Na2O7S2. The van der Waals surface area contributed by atoms with E-state index < -0.39 is 15.9 Å². The van der Waals surface area contributed by atoms with E-state index in [2.05, 4.69) is 13.6 Å². The van der Waals surface area contributed by atoms with E-state index in [1.54, 1.807) is 0 Å². The van der Waals surface area contributed by atoms with E-state index >= 15 is 0 Å². The molecule has 7 nitrogen and oxygen atoms in total. The van der Waals surface area contributed by atoms with Gasteiger partial charge in [-0.15, -0.1) is 4.33 Å². The average molecular weight is 264 g/mol. The molecule has 0 radical (unpaired) electrons. The molecule has 0 unspecified atom stereocenters. The van der Waals surface area contributed by atoms with Crippen LogP contribution in [0.25, 0.3) is 0 Å². The molecule has 0 N–H and O–H groups in total. The molecule has 0 aliphatic rings. The van der Waals surface area contributed by atoms with E-state index in [0.29, 0.717) is 0 Å². The SMILES string of the molecule is O=S(=O)([O-])CCCOSOO[O-].[Na+].[Na+]. The van der Waals surface area contributed by atoms with Crippen molar-refractivity contribution in [1.29, 1.82) is 0 Å². The minimum absolute atomic E-state index is 0. The maximum atomic E-state index is 10.00. The molecule has 11 heteroatoms. The molecule has 0 saturated carbocycles. The Balaban J connectivity index is -0.000000605. The van der Waals surface area contributed by atoms with Gasteiger partial charge in [-0.1, -0.05) is 0 Å². The maximum Gasteiger partial charge on any atom is 1.00 e. The van der Waals surface area contributed by atoms with Gasteiger partial charge in [-0.25, -0.2) is 8.42 Å². The summed E-state index contributed by atoms with van der Waals surface area (Å²) in [5, 5.41) is 12.1. The standard InChI is InChI=1S/C3H8O7S2.2Na/c4-9-10-11-8-2-1-3-12(5,6)7;;/h4H,1-3H2,(H,5,6,7);;/q;2*+1/p-2. The second-order valence-electron chi connectivity index (χ2n) is 1.64. The minimum Gasteiger partial charge on any atom is -0.748 e. The zero-order valence-corrected chi connectivity index (χ0v) is 13.4. The van der Waals surface area contributed by atoms with Crippen LogP contribution in [-0.2, 0) is 23.7 Å². The first-order chi connectivity index (χ1) is 5.56. The molecule has 0 aromatic heterocycles. The summed E-state index contributed by atoms with van der Waals surface area (Å²) in [5.41, 5.74) is 0. The third kappa shape index (κ3) is 19.6. The number of rotatable bonds is 7. The van der Waals surface area contributed by atoms with Crippen molar-refractivity contribution in [1.82, 2.24) is 0 Å². The van der Waals surface area contributed by atoms with Gasteiger partial charge in [0.25, 0.3) is 0 Å². The Morgan fingerprint density at radius 3 is 2.29 bits per heavy atom. The largest absolute Gasteiger partial charge is 1.00 e. The van der Waals surface area contributed by atoms with Gasteiger partial charge >= 0.3 is 59.1 Å². The summed E-state index contributed by atoms with van der Waals surface area (Å²) in [4.78, 5) is 0. The summed E-state index contributed by atoms with van der Waals surface area (Å²) in [7, 11) is -4.19. The molecule has 0 amide bonds. The van der Waals surface area contributed by atoms with E-state index in [1.165, 1.54) is 0 Å². The van der Waals surface area contributed by atoms with Crippen LogP contribution in [0.4, 0.5) is 0 Å². The molecule has 0 bridgehead atoms. The first-order valence-electron chi connectivity index (χ1n) is 2.74. The Bertz CT molecular complexity index is 195. The topological polar surface area (TPSA) is 108 Å². The first-order valence-corrected chi connectivity index (χ1v) is 4.99. The Morgan fingerprint density at radius 2 is 1.86 bits per heavy atom. The van der Waals surface area contributed by atoms with Crippen molar-refractivity contribution in [3.05, 3.63) is 0 Å². The molecule has 74 valence electrons. The third-order valence-electron chi connectivity index (χ3n) is 0.726. The van der Waals surface area contributed by atoms with Crippen LogP contribution in [0.15, 0.2) is 0 Å². The average Bonchev–Trinajstić information content (AvgIpc) is 1.94. The molecule has 0 fully saturated rings. The Hall–Kier alpha value is 2.10. The van der Waals surface area contributed by atoms with Crippen LogP contribution in [0.3, 0.4) is 0 Å². The fourth-order valence-electron chi connectivity index (χ4n) is 0.360. The molecular weight excluding hydrogens is 258 g/mol. The van der Waals surface area contributed by atoms with E-state index in [1.807, 2.05) is 0 Å². The molecule has 0 heterocycles. The summed E-state index contributed by atoms with van der Waals surface area (Å²) in [6, 6.07) is 0. The van der Waals surface area contributed by atoms with Crippen molar-refractivity contribution in [2.75, 3.05) is 12.4 Å². The number of hydrogen-bond donors (Lipinski definition) is 0. The minimum atomic E-state index is -4.19.